The van der Waals surface area contributed by atoms with Gasteiger partial charge in [-0.15, -0.1) is 0 Å². The van der Waals surface area contributed by atoms with Gasteiger partial charge in [-0.2, -0.15) is 5.26 Å². The van der Waals surface area contributed by atoms with Crippen LogP contribution in [0.5, 0.6) is 0 Å². The van der Waals surface area contributed by atoms with E-state index in [2.05, 4.69) is 19.9 Å². The molecule has 0 aromatic rings. The Morgan fingerprint density at radius 1 is 1.17 bits per heavy atom. The molecule has 0 radical (unpaired) electrons. The van der Waals surface area contributed by atoms with Gasteiger partial charge in [-0.25, -0.2) is 0 Å². The number of carbonyl (C=O) groups is 1. The number of hydrogen-bond acceptors (Lipinski definition) is 4. The van der Waals surface area contributed by atoms with Crippen molar-refractivity contribution in [1.29, 1.82) is 5.26 Å². The molecular weight excluding hydrogens is 302 g/mol. The third-order valence-corrected chi connectivity index (χ3v) is 9.10. The van der Waals surface area contributed by atoms with Crippen LogP contribution in [0.4, 0.5) is 0 Å². The number of nitriles is 1. The van der Waals surface area contributed by atoms with E-state index in [4.69, 9.17) is 4.74 Å². The Bertz CT molecular complexity index is 656. The summed E-state index contributed by atoms with van der Waals surface area (Å²) in [6, 6.07) is 2.25. The van der Waals surface area contributed by atoms with Crippen molar-refractivity contribution in [1.82, 2.24) is 0 Å². The van der Waals surface area contributed by atoms with Crippen molar-refractivity contribution in [2.45, 2.75) is 76.6 Å². The highest BCUT2D eigenvalue weighted by molar-refractivity contribution is 5.92. The van der Waals surface area contributed by atoms with E-state index >= 15 is 0 Å². The second kappa shape index (κ2) is 4.43. The molecule has 1 saturated heterocycles. The molecule has 4 heteroatoms. The van der Waals surface area contributed by atoms with E-state index in [9.17, 15) is 15.2 Å². The van der Waals surface area contributed by atoms with Crippen LogP contribution in [0.3, 0.4) is 0 Å². The molecule has 5 rings (SSSR count). The largest absolute Gasteiger partial charge is 0.393 e. The van der Waals surface area contributed by atoms with E-state index in [0.717, 1.165) is 38.5 Å². The standard InChI is InChI=1S/C20H27NO3/c1-18-7-6-14-12(13(18)3-4-15(18)22)5-8-20-17(24-20)16(23)11(10-21)9-19(14,20)2/h11-15,17,22H,3-9H2,1-2H3/t11-,12?,13?,14?,15-,17+,18?,19?,20+/m0/s1. The van der Waals surface area contributed by atoms with Gasteiger partial charge in [0.25, 0.3) is 0 Å². The van der Waals surface area contributed by atoms with Crippen molar-refractivity contribution in [2.24, 2.45) is 34.5 Å². The first kappa shape index (κ1) is 15.3. The first-order chi connectivity index (χ1) is 11.4. The van der Waals surface area contributed by atoms with Crippen LogP contribution in [0.25, 0.3) is 0 Å². The summed E-state index contributed by atoms with van der Waals surface area (Å²) in [5.74, 6) is 1.29. The highest BCUT2D eigenvalue weighted by atomic mass is 16.6. The van der Waals surface area contributed by atoms with Crippen LogP contribution in [-0.2, 0) is 9.53 Å². The van der Waals surface area contributed by atoms with Gasteiger partial charge < -0.3 is 9.84 Å². The fraction of sp³-hybridized carbons (Fsp3) is 0.900. The number of hydrogen-bond donors (Lipinski definition) is 1. The van der Waals surface area contributed by atoms with Gasteiger partial charge in [0.05, 0.1) is 12.2 Å². The Hall–Kier alpha value is -0.920. The second-order valence-electron chi connectivity index (χ2n) is 9.65. The summed E-state index contributed by atoms with van der Waals surface area (Å²) < 4.78 is 6.07. The van der Waals surface area contributed by atoms with Gasteiger partial charge in [0.15, 0.2) is 5.78 Å². The first-order valence-electron chi connectivity index (χ1n) is 9.67. The molecule has 0 amide bonds. The molecule has 9 atom stereocenters. The molecule has 4 nitrogen and oxygen atoms in total. The van der Waals surface area contributed by atoms with E-state index in [1.807, 2.05) is 0 Å². The number of carbonyl (C=O) groups excluding carboxylic acids is 1. The summed E-state index contributed by atoms with van der Waals surface area (Å²) in [4.78, 5) is 12.4. The predicted octanol–water partition coefficient (Wildman–Crippen LogP) is 2.84. The molecule has 1 spiro atoms. The Labute approximate surface area is 143 Å². The molecule has 1 heterocycles. The molecule has 0 aromatic heterocycles. The number of fused-ring (bicyclic) bond motifs is 4. The van der Waals surface area contributed by atoms with Crippen molar-refractivity contribution < 1.29 is 14.6 Å². The molecule has 0 bridgehead atoms. The molecule has 4 saturated carbocycles. The third-order valence-electron chi connectivity index (χ3n) is 9.10. The zero-order valence-corrected chi connectivity index (χ0v) is 14.6. The smallest absolute Gasteiger partial charge is 0.181 e. The van der Waals surface area contributed by atoms with E-state index in [-0.39, 0.29) is 34.4 Å². The molecule has 24 heavy (non-hydrogen) atoms. The maximum absolute atomic E-state index is 12.4. The molecule has 4 aliphatic carbocycles. The molecule has 0 aromatic carbocycles. The number of rotatable bonds is 0. The Morgan fingerprint density at radius 3 is 2.71 bits per heavy atom. The number of ether oxygens (including phenoxy) is 1. The van der Waals surface area contributed by atoms with Crippen molar-refractivity contribution in [3.63, 3.8) is 0 Å². The van der Waals surface area contributed by atoms with Crippen molar-refractivity contribution in [3.05, 3.63) is 0 Å². The predicted molar refractivity (Wildman–Crippen MR) is 86.7 cm³/mol. The van der Waals surface area contributed by atoms with Crippen molar-refractivity contribution in [3.8, 4) is 6.07 Å². The van der Waals surface area contributed by atoms with E-state index in [0.29, 0.717) is 24.2 Å². The van der Waals surface area contributed by atoms with Gasteiger partial charge in [0, 0.05) is 5.41 Å². The van der Waals surface area contributed by atoms with Gasteiger partial charge >= 0.3 is 0 Å². The van der Waals surface area contributed by atoms with Crippen molar-refractivity contribution >= 4 is 5.78 Å². The highest BCUT2D eigenvalue weighted by Gasteiger charge is 2.78. The van der Waals surface area contributed by atoms with Gasteiger partial charge in [-0.1, -0.05) is 13.8 Å². The summed E-state index contributed by atoms with van der Waals surface area (Å²) in [5, 5.41) is 20.0. The van der Waals surface area contributed by atoms with Crippen LogP contribution in [0.15, 0.2) is 0 Å². The maximum Gasteiger partial charge on any atom is 0.181 e. The number of aliphatic hydroxyl groups excluding tert-OH is 1. The molecular formula is C20H27NO3. The lowest BCUT2D eigenvalue weighted by molar-refractivity contribution is -0.138. The summed E-state index contributed by atoms with van der Waals surface area (Å²) in [5.41, 5.74) is -0.252. The Morgan fingerprint density at radius 2 is 1.96 bits per heavy atom. The van der Waals surface area contributed by atoms with Crippen LogP contribution in [0.1, 0.15) is 58.8 Å². The van der Waals surface area contributed by atoms with E-state index < -0.39 is 5.92 Å². The van der Waals surface area contributed by atoms with Crippen LogP contribution in [0, 0.1) is 45.8 Å². The van der Waals surface area contributed by atoms with Crippen LogP contribution in [0.2, 0.25) is 0 Å². The van der Waals surface area contributed by atoms with Gasteiger partial charge in [0.2, 0.25) is 0 Å². The normalized spacial score (nSPS) is 61.2. The Kier molecular flexibility index (Phi) is 2.83. The highest BCUT2D eigenvalue weighted by Crippen LogP contribution is 2.72. The van der Waals surface area contributed by atoms with Crippen LogP contribution < -0.4 is 0 Å². The fourth-order valence-corrected chi connectivity index (χ4v) is 7.66. The van der Waals surface area contributed by atoms with Gasteiger partial charge in [-0.05, 0) is 68.1 Å². The average Bonchev–Trinajstić information content (AvgIpc) is 3.23. The lowest BCUT2D eigenvalue weighted by Crippen LogP contribution is -2.59. The lowest BCUT2D eigenvalue weighted by atomic mass is 9.44. The zero-order valence-electron chi connectivity index (χ0n) is 14.6. The summed E-state index contributed by atoms with van der Waals surface area (Å²) >= 11 is 0. The quantitative estimate of drug-likeness (QED) is 0.694. The Balaban J connectivity index is 1.53. The zero-order chi connectivity index (χ0) is 16.9. The molecule has 5 aliphatic rings. The van der Waals surface area contributed by atoms with Crippen LogP contribution >= 0.6 is 0 Å². The van der Waals surface area contributed by atoms with Gasteiger partial charge in [0.1, 0.15) is 17.6 Å². The minimum Gasteiger partial charge on any atom is -0.393 e. The lowest BCUT2D eigenvalue weighted by Gasteiger charge is -2.59. The SMILES string of the molecule is CC12CCC3C(CC[C@@]45O[C@@H]4C(=O)[C@H](C#N)CC35C)C1CC[C@@H]2O. The van der Waals surface area contributed by atoms with Crippen molar-refractivity contribution in [2.75, 3.05) is 0 Å². The number of aliphatic hydroxyl groups is 1. The first-order valence-corrected chi connectivity index (χ1v) is 9.67. The van der Waals surface area contributed by atoms with E-state index in [1.165, 1.54) is 0 Å². The number of nitrogens with zero attached hydrogens (tertiary/aromatic N) is 1. The fourth-order valence-electron chi connectivity index (χ4n) is 7.66. The third kappa shape index (κ3) is 1.51. The number of epoxide rings is 1. The number of ketones is 1. The molecule has 5 unspecified atom stereocenters. The second-order valence-corrected chi connectivity index (χ2v) is 9.65. The number of Topliss-reactive ketones (excluding diaryl/α,β-unsaturated/α-hetero) is 1. The minimum atomic E-state index is -0.489. The average molecular weight is 329 g/mol. The molecule has 1 aliphatic heterocycles. The summed E-state index contributed by atoms with van der Waals surface area (Å²) in [7, 11) is 0. The molecule has 1 N–H and O–H groups in total. The monoisotopic (exact) mass is 329 g/mol. The van der Waals surface area contributed by atoms with Gasteiger partial charge in [-0.3, -0.25) is 4.79 Å². The maximum atomic E-state index is 12.4. The summed E-state index contributed by atoms with van der Waals surface area (Å²) in [6.07, 6.45) is 6.53. The molecule has 130 valence electrons. The minimum absolute atomic E-state index is 0.0327. The van der Waals surface area contributed by atoms with E-state index in [1.54, 1.807) is 0 Å². The topological polar surface area (TPSA) is 73.6 Å². The van der Waals surface area contributed by atoms with Crippen LogP contribution in [-0.4, -0.2) is 28.7 Å². The summed E-state index contributed by atoms with van der Waals surface area (Å²) in [6.45, 7) is 4.59. The molecule has 5 fully saturated rings.